The van der Waals surface area contributed by atoms with E-state index in [0.717, 1.165) is 23.4 Å². The first-order chi connectivity index (χ1) is 10.2. The molecule has 0 radical (unpaired) electrons. The molecule has 0 aliphatic heterocycles. The van der Waals surface area contributed by atoms with E-state index in [0.29, 0.717) is 22.2 Å². The van der Waals surface area contributed by atoms with Crippen LogP contribution >= 0.6 is 35.0 Å². The van der Waals surface area contributed by atoms with E-state index in [-0.39, 0.29) is 0 Å². The summed E-state index contributed by atoms with van der Waals surface area (Å²) >= 11 is 14.0. The summed E-state index contributed by atoms with van der Waals surface area (Å²) in [5.41, 5.74) is 1.83. The van der Waals surface area contributed by atoms with Crippen LogP contribution in [0.15, 0.2) is 12.3 Å². The molecule has 114 valence electrons. The minimum absolute atomic E-state index is 0.464. The third kappa shape index (κ3) is 3.03. The lowest BCUT2D eigenvalue weighted by Crippen LogP contribution is -2.27. The Morgan fingerprint density at radius 2 is 2.19 bits per heavy atom. The standard InChI is InChI=1S/C15H19Cl2N3S/c1-21-13-5-3-2-4-12(13)20-14(6-7-16)19-11-8-10(17)9-18-15(11)20/h8-9,12-13H,2-7H2,1H3. The Bertz CT molecular complexity index is 629. The molecule has 3 nitrogen and oxygen atoms in total. The highest BCUT2D eigenvalue weighted by atomic mass is 35.5. The van der Waals surface area contributed by atoms with Crippen molar-refractivity contribution in [3.05, 3.63) is 23.1 Å². The van der Waals surface area contributed by atoms with Crippen molar-refractivity contribution in [3.63, 3.8) is 0 Å². The molecular formula is C15H19Cl2N3S. The first-order valence-electron chi connectivity index (χ1n) is 7.35. The molecule has 0 spiro atoms. The summed E-state index contributed by atoms with van der Waals surface area (Å²) < 4.78 is 2.33. The summed E-state index contributed by atoms with van der Waals surface area (Å²) in [5.74, 6) is 1.62. The van der Waals surface area contributed by atoms with Gasteiger partial charge in [-0.15, -0.1) is 11.6 Å². The predicted molar refractivity (Wildman–Crippen MR) is 91.8 cm³/mol. The van der Waals surface area contributed by atoms with Crippen LogP contribution in [0.1, 0.15) is 37.5 Å². The van der Waals surface area contributed by atoms with Gasteiger partial charge in [0.2, 0.25) is 0 Å². The summed E-state index contributed by atoms with van der Waals surface area (Å²) in [4.78, 5) is 9.27. The van der Waals surface area contributed by atoms with Crippen LogP contribution < -0.4 is 0 Å². The van der Waals surface area contributed by atoms with Crippen LogP contribution in [0, 0.1) is 0 Å². The molecule has 2 heterocycles. The number of thioether (sulfide) groups is 1. The van der Waals surface area contributed by atoms with E-state index < -0.39 is 0 Å². The highest BCUT2D eigenvalue weighted by Gasteiger charge is 2.29. The third-order valence-corrected chi connectivity index (χ3v) is 5.74. The van der Waals surface area contributed by atoms with E-state index in [4.69, 9.17) is 28.2 Å². The number of hydrogen-bond donors (Lipinski definition) is 0. The van der Waals surface area contributed by atoms with Gasteiger partial charge in [0, 0.05) is 29.8 Å². The van der Waals surface area contributed by atoms with Gasteiger partial charge in [-0.1, -0.05) is 24.4 Å². The molecule has 2 atom stereocenters. The van der Waals surface area contributed by atoms with Crippen LogP contribution in [-0.4, -0.2) is 31.9 Å². The fourth-order valence-corrected chi connectivity index (χ4v) is 4.56. The van der Waals surface area contributed by atoms with Crippen LogP contribution in [0.25, 0.3) is 11.2 Å². The number of alkyl halides is 1. The van der Waals surface area contributed by atoms with Crippen molar-refractivity contribution in [2.75, 3.05) is 12.1 Å². The Labute approximate surface area is 139 Å². The summed E-state index contributed by atoms with van der Waals surface area (Å²) in [6, 6.07) is 2.36. The maximum Gasteiger partial charge on any atom is 0.160 e. The highest BCUT2D eigenvalue weighted by Crippen LogP contribution is 2.38. The van der Waals surface area contributed by atoms with Gasteiger partial charge in [-0.05, 0) is 25.2 Å². The van der Waals surface area contributed by atoms with Gasteiger partial charge in [-0.2, -0.15) is 11.8 Å². The molecule has 0 amide bonds. The molecule has 2 aromatic heterocycles. The van der Waals surface area contributed by atoms with E-state index in [1.807, 2.05) is 17.8 Å². The van der Waals surface area contributed by atoms with E-state index in [1.165, 1.54) is 25.7 Å². The van der Waals surface area contributed by atoms with Crippen molar-refractivity contribution < 1.29 is 0 Å². The molecule has 1 saturated carbocycles. The van der Waals surface area contributed by atoms with Crippen molar-refractivity contribution in [1.82, 2.24) is 14.5 Å². The molecule has 2 unspecified atom stereocenters. The first-order valence-corrected chi connectivity index (χ1v) is 9.55. The quantitative estimate of drug-likeness (QED) is 0.753. The average Bonchev–Trinajstić information content (AvgIpc) is 2.84. The van der Waals surface area contributed by atoms with Crippen molar-refractivity contribution in [2.45, 2.75) is 43.4 Å². The van der Waals surface area contributed by atoms with Crippen molar-refractivity contribution in [1.29, 1.82) is 0 Å². The van der Waals surface area contributed by atoms with E-state index in [1.54, 1.807) is 6.20 Å². The molecule has 3 rings (SSSR count). The normalized spacial score (nSPS) is 22.8. The van der Waals surface area contributed by atoms with Gasteiger partial charge < -0.3 is 4.57 Å². The van der Waals surface area contributed by atoms with E-state index >= 15 is 0 Å². The highest BCUT2D eigenvalue weighted by molar-refractivity contribution is 7.99. The Morgan fingerprint density at radius 3 is 2.95 bits per heavy atom. The Morgan fingerprint density at radius 1 is 1.38 bits per heavy atom. The maximum atomic E-state index is 6.06. The zero-order valence-electron chi connectivity index (χ0n) is 12.1. The van der Waals surface area contributed by atoms with Gasteiger partial charge in [0.25, 0.3) is 0 Å². The van der Waals surface area contributed by atoms with E-state index in [2.05, 4.69) is 15.8 Å². The van der Waals surface area contributed by atoms with Gasteiger partial charge >= 0.3 is 0 Å². The minimum Gasteiger partial charge on any atom is -0.308 e. The van der Waals surface area contributed by atoms with Crippen LogP contribution in [0.5, 0.6) is 0 Å². The summed E-state index contributed by atoms with van der Waals surface area (Å²) in [6.45, 7) is 0. The molecule has 0 aromatic carbocycles. The Kier molecular flexibility index (Phi) is 4.97. The van der Waals surface area contributed by atoms with Gasteiger partial charge in [-0.25, -0.2) is 9.97 Å². The predicted octanol–water partition coefficient (Wildman–Crippen LogP) is 4.71. The van der Waals surface area contributed by atoms with Gasteiger partial charge in [-0.3, -0.25) is 0 Å². The van der Waals surface area contributed by atoms with Gasteiger partial charge in [0.1, 0.15) is 11.3 Å². The molecule has 1 aliphatic rings. The number of hydrogen-bond acceptors (Lipinski definition) is 3. The number of imidazole rings is 1. The molecule has 0 bridgehead atoms. The lowest BCUT2D eigenvalue weighted by Gasteiger charge is -2.32. The number of rotatable bonds is 4. The summed E-state index contributed by atoms with van der Waals surface area (Å²) in [6.07, 6.45) is 9.73. The second-order valence-corrected chi connectivity index (χ2v) is 7.35. The van der Waals surface area contributed by atoms with Crippen molar-refractivity contribution >= 4 is 46.1 Å². The fourth-order valence-electron chi connectivity index (χ4n) is 3.26. The molecule has 0 N–H and O–H groups in total. The summed E-state index contributed by atoms with van der Waals surface area (Å²) in [7, 11) is 0. The van der Waals surface area contributed by atoms with Crippen LogP contribution in [0.4, 0.5) is 0 Å². The number of pyridine rings is 1. The van der Waals surface area contributed by atoms with Crippen LogP contribution in [-0.2, 0) is 6.42 Å². The molecule has 0 saturated heterocycles. The average molecular weight is 344 g/mol. The molecule has 1 aliphatic carbocycles. The lowest BCUT2D eigenvalue weighted by molar-refractivity contribution is 0.363. The van der Waals surface area contributed by atoms with Crippen LogP contribution in [0.3, 0.4) is 0 Å². The smallest absolute Gasteiger partial charge is 0.160 e. The Balaban J connectivity index is 2.11. The SMILES string of the molecule is CSC1CCCCC1n1c(CCCl)nc2cc(Cl)cnc21. The number of halogens is 2. The molecule has 2 aromatic rings. The summed E-state index contributed by atoms with van der Waals surface area (Å²) in [5, 5.41) is 1.26. The molecular weight excluding hydrogens is 325 g/mol. The second kappa shape index (κ2) is 6.76. The van der Waals surface area contributed by atoms with Crippen molar-refractivity contribution in [3.8, 4) is 0 Å². The Hall–Kier alpha value is -0.450. The number of nitrogens with zero attached hydrogens (tertiary/aromatic N) is 3. The van der Waals surface area contributed by atoms with Gasteiger partial charge in [0.15, 0.2) is 5.65 Å². The third-order valence-electron chi connectivity index (χ3n) is 4.19. The lowest BCUT2D eigenvalue weighted by atomic mass is 9.94. The molecule has 6 heteroatoms. The van der Waals surface area contributed by atoms with Crippen LogP contribution in [0.2, 0.25) is 5.02 Å². The topological polar surface area (TPSA) is 30.7 Å². The van der Waals surface area contributed by atoms with Crippen molar-refractivity contribution in [2.24, 2.45) is 0 Å². The zero-order valence-corrected chi connectivity index (χ0v) is 14.4. The number of fused-ring (bicyclic) bond motifs is 1. The molecule has 21 heavy (non-hydrogen) atoms. The zero-order chi connectivity index (χ0) is 14.8. The monoisotopic (exact) mass is 343 g/mol. The largest absolute Gasteiger partial charge is 0.308 e. The molecule has 1 fully saturated rings. The first kappa shape index (κ1) is 15.4. The van der Waals surface area contributed by atoms with E-state index in [9.17, 15) is 0 Å². The number of aromatic nitrogens is 3. The minimum atomic E-state index is 0.464. The fraction of sp³-hybridized carbons (Fsp3) is 0.600. The van der Waals surface area contributed by atoms with Gasteiger partial charge in [0.05, 0.1) is 5.02 Å². The second-order valence-electron chi connectivity index (χ2n) is 5.46. The number of aryl methyl sites for hydroxylation is 1. The maximum absolute atomic E-state index is 6.06.